The van der Waals surface area contributed by atoms with E-state index in [1.807, 2.05) is 0 Å². The van der Waals surface area contributed by atoms with Gasteiger partial charge in [0.2, 0.25) is 0 Å². The lowest BCUT2D eigenvalue weighted by molar-refractivity contribution is -0.00985. The molecule has 1 aliphatic rings. The Morgan fingerprint density at radius 2 is 1.86 bits per heavy atom. The average Bonchev–Trinajstić information content (AvgIpc) is 2.08. The topological polar surface area (TPSA) is 0 Å². The molecule has 0 saturated heterocycles. The third kappa shape index (κ3) is 3.25. The minimum atomic E-state index is -0.830. The highest BCUT2D eigenvalue weighted by molar-refractivity contribution is 4.93. The van der Waals surface area contributed by atoms with Crippen LogP contribution in [0.4, 0.5) is 4.39 Å². The van der Waals surface area contributed by atoms with E-state index in [2.05, 4.69) is 13.8 Å². The van der Waals surface area contributed by atoms with Crippen molar-refractivity contribution >= 4 is 0 Å². The Labute approximate surface area is 88.3 Å². The van der Waals surface area contributed by atoms with Crippen LogP contribution in [0, 0.1) is 11.8 Å². The highest BCUT2D eigenvalue weighted by Crippen LogP contribution is 2.47. The van der Waals surface area contributed by atoms with Gasteiger partial charge in [-0.25, -0.2) is 4.39 Å². The summed E-state index contributed by atoms with van der Waals surface area (Å²) in [5, 5.41) is 0. The lowest BCUT2D eigenvalue weighted by Gasteiger charge is -2.43. The lowest BCUT2D eigenvalue weighted by atomic mass is 9.65. The van der Waals surface area contributed by atoms with E-state index >= 15 is 0 Å². The zero-order valence-corrected chi connectivity index (χ0v) is 9.98. The summed E-state index contributed by atoms with van der Waals surface area (Å²) in [6.07, 6.45) is 8.13. The molecule has 0 radical (unpaired) electrons. The van der Waals surface area contributed by atoms with Gasteiger partial charge >= 0.3 is 0 Å². The van der Waals surface area contributed by atoms with Crippen molar-refractivity contribution in [1.29, 1.82) is 0 Å². The van der Waals surface area contributed by atoms with Crippen molar-refractivity contribution in [3.05, 3.63) is 0 Å². The Kier molecular flexibility index (Phi) is 4.40. The quantitative estimate of drug-likeness (QED) is 0.581. The van der Waals surface area contributed by atoms with Crippen molar-refractivity contribution in [2.24, 2.45) is 11.8 Å². The zero-order chi connectivity index (χ0) is 10.6. The van der Waals surface area contributed by atoms with Crippen LogP contribution in [0.25, 0.3) is 0 Å². The summed E-state index contributed by atoms with van der Waals surface area (Å²) >= 11 is 0. The Bertz CT molecular complexity index is 155. The van der Waals surface area contributed by atoms with Crippen LogP contribution in [-0.4, -0.2) is 5.67 Å². The molecule has 0 aliphatic heterocycles. The summed E-state index contributed by atoms with van der Waals surface area (Å²) < 4.78 is 13.4. The van der Waals surface area contributed by atoms with Gasteiger partial charge in [0, 0.05) is 0 Å². The Balaban J connectivity index is 2.29. The van der Waals surface area contributed by atoms with Crippen LogP contribution in [-0.2, 0) is 0 Å². The van der Waals surface area contributed by atoms with Gasteiger partial charge in [-0.15, -0.1) is 0 Å². The number of halogens is 1. The Hall–Kier alpha value is -0.0700. The van der Waals surface area contributed by atoms with Crippen LogP contribution in [0.2, 0.25) is 0 Å². The van der Waals surface area contributed by atoms with Gasteiger partial charge in [-0.3, -0.25) is 0 Å². The molecule has 1 atom stereocenters. The Morgan fingerprint density at radius 3 is 2.29 bits per heavy atom. The summed E-state index contributed by atoms with van der Waals surface area (Å²) in [5.74, 6) is 1.50. The van der Waals surface area contributed by atoms with Gasteiger partial charge in [0.05, 0.1) is 0 Å². The van der Waals surface area contributed by atoms with E-state index in [0.717, 1.165) is 18.8 Å². The molecule has 0 bridgehead atoms. The van der Waals surface area contributed by atoms with Crippen LogP contribution in [0.1, 0.15) is 65.7 Å². The van der Waals surface area contributed by atoms with Crippen LogP contribution < -0.4 is 0 Å². The maximum Gasteiger partial charge on any atom is 0.108 e. The second-order valence-electron chi connectivity index (χ2n) is 5.27. The molecule has 0 aromatic rings. The second-order valence-corrected chi connectivity index (χ2v) is 5.27. The molecular formula is C13H25F. The largest absolute Gasteiger partial charge is 0.244 e. The third-order valence-electron chi connectivity index (χ3n) is 3.63. The van der Waals surface area contributed by atoms with Crippen molar-refractivity contribution in [2.45, 2.75) is 71.4 Å². The first-order valence-electron chi connectivity index (χ1n) is 6.28. The van der Waals surface area contributed by atoms with E-state index < -0.39 is 5.67 Å². The summed E-state index contributed by atoms with van der Waals surface area (Å²) in [6.45, 7) is 6.24. The molecule has 0 amide bonds. The van der Waals surface area contributed by atoms with Gasteiger partial charge in [0.15, 0.2) is 0 Å². The first kappa shape index (κ1) is 12.0. The van der Waals surface area contributed by atoms with Gasteiger partial charge in [-0.1, -0.05) is 46.0 Å². The molecular weight excluding hydrogens is 175 g/mol. The molecule has 1 rings (SSSR count). The van der Waals surface area contributed by atoms with E-state index in [4.69, 9.17) is 0 Å². The molecule has 84 valence electrons. The van der Waals surface area contributed by atoms with Gasteiger partial charge in [0.25, 0.3) is 0 Å². The van der Waals surface area contributed by atoms with Crippen LogP contribution >= 0.6 is 0 Å². The van der Waals surface area contributed by atoms with Crippen molar-refractivity contribution in [2.75, 3.05) is 0 Å². The van der Waals surface area contributed by atoms with Crippen molar-refractivity contribution in [3.8, 4) is 0 Å². The Morgan fingerprint density at radius 1 is 1.21 bits per heavy atom. The predicted molar refractivity (Wildman–Crippen MR) is 60.2 cm³/mol. The number of hydrogen-bond acceptors (Lipinski definition) is 0. The molecule has 0 N–H and O–H groups in total. The monoisotopic (exact) mass is 200 g/mol. The molecule has 1 saturated carbocycles. The first-order valence-corrected chi connectivity index (χ1v) is 6.28. The van der Waals surface area contributed by atoms with Crippen LogP contribution in [0.3, 0.4) is 0 Å². The van der Waals surface area contributed by atoms with E-state index in [1.54, 1.807) is 6.92 Å². The maximum atomic E-state index is 13.4. The normalized spacial score (nSPS) is 33.9. The number of rotatable bonds is 6. The standard InChI is InChI=1S/C13H25F/c1-4-6-8-11(7-5-2)12-9-13(3,14)10-12/h11-12H,4-10H2,1-3H3. The smallest absolute Gasteiger partial charge is 0.108 e. The highest BCUT2D eigenvalue weighted by Gasteiger charge is 2.43. The summed E-state index contributed by atoms with van der Waals surface area (Å²) in [5.41, 5.74) is -0.830. The van der Waals surface area contributed by atoms with Crippen molar-refractivity contribution in [3.63, 3.8) is 0 Å². The lowest BCUT2D eigenvalue weighted by Crippen LogP contribution is -2.40. The van der Waals surface area contributed by atoms with E-state index in [9.17, 15) is 4.39 Å². The SMILES string of the molecule is CCCCC(CCC)C1CC(C)(F)C1. The average molecular weight is 200 g/mol. The number of hydrogen-bond donors (Lipinski definition) is 0. The third-order valence-corrected chi connectivity index (χ3v) is 3.63. The second kappa shape index (κ2) is 5.14. The van der Waals surface area contributed by atoms with Crippen LogP contribution in [0.15, 0.2) is 0 Å². The maximum absolute atomic E-state index is 13.4. The molecule has 0 nitrogen and oxygen atoms in total. The van der Waals surface area contributed by atoms with Crippen molar-refractivity contribution in [1.82, 2.24) is 0 Å². The van der Waals surface area contributed by atoms with Gasteiger partial charge < -0.3 is 0 Å². The fourth-order valence-corrected chi connectivity index (χ4v) is 2.82. The summed E-state index contributed by atoms with van der Waals surface area (Å²) in [4.78, 5) is 0. The first-order chi connectivity index (χ1) is 6.59. The molecule has 1 fully saturated rings. The highest BCUT2D eigenvalue weighted by atomic mass is 19.1. The van der Waals surface area contributed by atoms with Gasteiger partial charge in [-0.2, -0.15) is 0 Å². The van der Waals surface area contributed by atoms with Crippen LogP contribution in [0.5, 0.6) is 0 Å². The molecule has 0 heterocycles. The molecule has 1 unspecified atom stereocenters. The minimum absolute atomic E-state index is 0.691. The predicted octanol–water partition coefficient (Wildman–Crippen LogP) is 4.73. The minimum Gasteiger partial charge on any atom is -0.244 e. The summed E-state index contributed by atoms with van der Waals surface area (Å²) in [6, 6.07) is 0. The van der Waals surface area contributed by atoms with Gasteiger partial charge in [-0.05, 0) is 31.6 Å². The van der Waals surface area contributed by atoms with Gasteiger partial charge in [0.1, 0.15) is 5.67 Å². The fourth-order valence-electron chi connectivity index (χ4n) is 2.82. The summed E-state index contributed by atoms with van der Waals surface area (Å²) in [7, 11) is 0. The number of unbranched alkanes of at least 4 members (excludes halogenated alkanes) is 1. The van der Waals surface area contributed by atoms with E-state index in [0.29, 0.717) is 5.92 Å². The van der Waals surface area contributed by atoms with E-state index in [-0.39, 0.29) is 0 Å². The number of alkyl halides is 1. The molecule has 0 aromatic carbocycles. The zero-order valence-electron chi connectivity index (χ0n) is 9.98. The fraction of sp³-hybridized carbons (Fsp3) is 1.00. The molecule has 0 spiro atoms. The molecule has 1 heteroatoms. The van der Waals surface area contributed by atoms with E-state index in [1.165, 1.54) is 32.1 Å². The molecule has 0 aromatic heterocycles. The molecule has 1 aliphatic carbocycles. The molecule has 14 heavy (non-hydrogen) atoms. The van der Waals surface area contributed by atoms with Crippen molar-refractivity contribution < 1.29 is 4.39 Å².